The van der Waals surface area contributed by atoms with Gasteiger partial charge in [-0.05, 0) is 43.4 Å². The Labute approximate surface area is 188 Å². The van der Waals surface area contributed by atoms with Gasteiger partial charge in [0.15, 0.2) is 6.19 Å². The van der Waals surface area contributed by atoms with E-state index in [1.54, 1.807) is 19.2 Å². The molecule has 0 heterocycles. The van der Waals surface area contributed by atoms with Gasteiger partial charge in [0.25, 0.3) is 5.91 Å². The fourth-order valence-corrected chi connectivity index (χ4v) is 4.33. The number of nitrogens with one attached hydrogen (secondary N) is 3. The lowest BCUT2D eigenvalue weighted by molar-refractivity contribution is 0.0929. The van der Waals surface area contributed by atoms with Gasteiger partial charge < -0.3 is 20.5 Å². The van der Waals surface area contributed by atoms with E-state index in [9.17, 15) is 9.90 Å². The Morgan fingerprint density at radius 2 is 1.94 bits per heavy atom. The molecule has 0 unspecified atom stereocenters. The summed E-state index contributed by atoms with van der Waals surface area (Å²) in [6.07, 6.45) is 5.29. The van der Waals surface area contributed by atoms with Gasteiger partial charge in [-0.3, -0.25) is 15.1 Å². The number of rotatable bonds is 6. The number of carbonyl (C=O) groups is 1. The van der Waals surface area contributed by atoms with Crippen LogP contribution >= 0.6 is 0 Å². The molecule has 3 rings (SSSR count). The Balaban J connectivity index is 1.76. The van der Waals surface area contributed by atoms with Crippen molar-refractivity contribution in [1.82, 2.24) is 16.0 Å². The second-order valence-corrected chi connectivity index (χ2v) is 7.91. The number of nitriles is 1. The first-order chi connectivity index (χ1) is 15.5. The van der Waals surface area contributed by atoms with Gasteiger partial charge in [-0.2, -0.15) is 5.26 Å². The lowest BCUT2D eigenvalue weighted by Crippen LogP contribution is -2.49. The quantitative estimate of drug-likeness (QED) is 0.240. The van der Waals surface area contributed by atoms with E-state index in [1.165, 1.54) is 18.7 Å². The van der Waals surface area contributed by atoms with Crippen LogP contribution in [0.2, 0.25) is 0 Å². The van der Waals surface area contributed by atoms with Crippen LogP contribution in [0.5, 0.6) is 11.5 Å². The Bertz CT molecular complexity index is 992. The van der Waals surface area contributed by atoms with E-state index in [4.69, 9.17) is 10.00 Å². The van der Waals surface area contributed by atoms with E-state index in [0.717, 1.165) is 25.7 Å². The van der Waals surface area contributed by atoms with E-state index >= 15 is 0 Å². The fraction of sp³-hybridized carbons (Fsp3) is 0.375. The van der Waals surface area contributed by atoms with Crippen LogP contribution in [-0.2, 0) is 5.41 Å². The van der Waals surface area contributed by atoms with Crippen LogP contribution in [0.4, 0.5) is 0 Å². The molecule has 1 saturated carbocycles. The molecular weight excluding hydrogens is 406 g/mol. The van der Waals surface area contributed by atoms with E-state index in [1.807, 2.05) is 24.4 Å². The monoisotopic (exact) mass is 435 g/mol. The summed E-state index contributed by atoms with van der Waals surface area (Å²) in [5.74, 6) is 0.319. The molecule has 0 bridgehead atoms. The second kappa shape index (κ2) is 10.5. The topological polar surface area (TPSA) is 119 Å². The number of benzene rings is 2. The van der Waals surface area contributed by atoms with Gasteiger partial charge in [0, 0.05) is 25.0 Å². The number of guanidine groups is 1. The number of hydrogen-bond acceptors (Lipinski definition) is 5. The average molecular weight is 436 g/mol. The predicted octanol–water partition coefficient (Wildman–Crippen LogP) is 2.66. The van der Waals surface area contributed by atoms with Gasteiger partial charge in [-0.1, -0.05) is 36.4 Å². The highest BCUT2D eigenvalue weighted by Gasteiger charge is 2.37. The predicted molar refractivity (Wildman–Crippen MR) is 123 cm³/mol. The summed E-state index contributed by atoms with van der Waals surface area (Å²) < 4.78 is 5.26. The first kappa shape index (κ1) is 22.9. The molecule has 0 radical (unpaired) electrons. The molecule has 8 nitrogen and oxygen atoms in total. The Kier molecular flexibility index (Phi) is 7.55. The van der Waals surface area contributed by atoms with Crippen molar-refractivity contribution in [2.24, 2.45) is 4.99 Å². The smallest absolute Gasteiger partial charge is 0.258 e. The van der Waals surface area contributed by atoms with Crippen LogP contribution < -0.4 is 20.7 Å². The number of nitrogens with zero attached hydrogens (tertiary/aromatic N) is 2. The maximum absolute atomic E-state index is 13.0. The Morgan fingerprint density at radius 3 is 2.56 bits per heavy atom. The van der Waals surface area contributed by atoms with E-state index in [-0.39, 0.29) is 28.7 Å². The van der Waals surface area contributed by atoms with Crippen molar-refractivity contribution >= 4 is 11.9 Å². The highest BCUT2D eigenvalue weighted by atomic mass is 16.5. The van der Waals surface area contributed by atoms with Gasteiger partial charge in [0.05, 0.1) is 7.11 Å². The van der Waals surface area contributed by atoms with Crippen molar-refractivity contribution < 1.29 is 14.6 Å². The zero-order chi connectivity index (χ0) is 23.0. The van der Waals surface area contributed by atoms with Gasteiger partial charge >= 0.3 is 0 Å². The molecule has 8 heteroatoms. The molecule has 2 aromatic rings. The minimum absolute atomic E-state index is 0.111. The van der Waals surface area contributed by atoms with E-state index in [2.05, 4.69) is 33.1 Å². The number of ether oxygens (including phenoxy) is 1. The average Bonchev–Trinajstić information content (AvgIpc) is 2.83. The summed E-state index contributed by atoms with van der Waals surface area (Å²) in [7, 11) is 3.10. The second-order valence-electron chi connectivity index (χ2n) is 7.91. The number of carbonyl (C=O) groups excluding carboxylic acids is 1. The molecule has 4 N–H and O–H groups in total. The first-order valence-corrected chi connectivity index (χ1v) is 10.6. The summed E-state index contributed by atoms with van der Waals surface area (Å²) >= 11 is 0. The van der Waals surface area contributed by atoms with E-state index < -0.39 is 0 Å². The SMILES string of the molecule is CN=C(NC#N)NC1CCC(CNC(=O)c2c(O)cccc2OC)(c2ccccc2)CC1. The molecule has 2 aromatic carbocycles. The van der Waals surface area contributed by atoms with Crippen molar-refractivity contribution in [3.63, 3.8) is 0 Å². The molecule has 168 valence electrons. The Hall–Kier alpha value is -3.73. The summed E-state index contributed by atoms with van der Waals surface area (Å²) in [5.41, 5.74) is 1.07. The third-order valence-corrected chi connectivity index (χ3v) is 6.11. The van der Waals surface area contributed by atoms with Gasteiger partial charge in [-0.25, -0.2) is 0 Å². The van der Waals surface area contributed by atoms with Crippen LogP contribution in [0.3, 0.4) is 0 Å². The van der Waals surface area contributed by atoms with Crippen molar-refractivity contribution in [2.75, 3.05) is 20.7 Å². The van der Waals surface area contributed by atoms with Crippen molar-refractivity contribution in [1.29, 1.82) is 5.26 Å². The zero-order valence-electron chi connectivity index (χ0n) is 18.4. The fourth-order valence-electron chi connectivity index (χ4n) is 4.33. The van der Waals surface area contributed by atoms with Gasteiger partial charge in [0.1, 0.15) is 17.1 Å². The highest BCUT2D eigenvalue weighted by Crippen LogP contribution is 2.39. The summed E-state index contributed by atoms with van der Waals surface area (Å²) in [6.45, 7) is 0.436. The van der Waals surface area contributed by atoms with Crippen LogP contribution in [0, 0.1) is 11.5 Å². The van der Waals surface area contributed by atoms with Crippen LogP contribution in [0.1, 0.15) is 41.6 Å². The number of amides is 1. The Morgan fingerprint density at radius 1 is 1.22 bits per heavy atom. The van der Waals surface area contributed by atoms with Crippen molar-refractivity contribution in [3.8, 4) is 17.7 Å². The first-order valence-electron chi connectivity index (χ1n) is 10.6. The maximum Gasteiger partial charge on any atom is 0.258 e. The van der Waals surface area contributed by atoms with E-state index in [0.29, 0.717) is 18.3 Å². The number of aromatic hydroxyl groups is 1. The molecule has 0 atom stereocenters. The molecule has 32 heavy (non-hydrogen) atoms. The molecule has 1 amide bonds. The molecule has 1 aliphatic rings. The normalized spacial score (nSPS) is 20.7. The third kappa shape index (κ3) is 5.11. The zero-order valence-corrected chi connectivity index (χ0v) is 18.4. The summed E-state index contributed by atoms with van der Waals surface area (Å²) in [4.78, 5) is 17.0. The largest absolute Gasteiger partial charge is 0.507 e. The number of hydrogen-bond donors (Lipinski definition) is 4. The number of phenols is 1. The maximum atomic E-state index is 13.0. The standard InChI is InChI=1S/C24H29N5O3/c1-26-23(28-16-25)29-18-11-13-24(14-12-18,17-7-4-3-5-8-17)15-27-22(31)21-19(30)9-6-10-20(21)32-2/h3-10,18,30H,11-15H2,1-2H3,(H,27,31)(H2,26,28,29). The molecular formula is C24H29N5O3. The summed E-state index contributed by atoms with van der Waals surface area (Å²) in [6, 6.07) is 15.1. The lowest BCUT2D eigenvalue weighted by Gasteiger charge is -2.41. The molecule has 0 aromatic heterocycles. The molecule has 1 fully saturated rings. The molecule has 0 saturated heterocycles. The van der Waals surface area contributed by atoms with Crippen molar-refractivity contribution in [2.45, 2.75) is 37.1 Å². The minimum atomic E-state index is -0.367. The van der Waals surface area contributed by atoms with Crippen LogP contribution in [0.25, 0.3) is 0 Å². The molecule has 0 spiro atoms. The third-order valence-electron chi connectivity index (χ3n) is 6.11. The number of phenolic OH excluding ortho intramolecular Hbond substituents is 1. The van der Waals surface area contributed by atoms with Crippen LogP contribution in [-0.4, -0.2) is 43.7 Å². The number of aliphatic imine (C=N–C) groups is 1. The van der Waals surface area contributed by atoms with Gasteiger partial charge in [-0.15, -0.1) is 0 Å². The summed E-state index contributed by atoms with van der Waals surface area (Å²) in [5, 5.41) is 27.9. The minimum Gasteiger partial charge on any atom is -0.507 e. The van der Waals surface area contributed by atoms with Crippen molar-refractivity contribution in [3.05, 3.63) is 59.7 Å². The lowest BCUT2D eigenvalue weighted by atomic mass is 9.68. The highest BCUT2D eigenvalue weighted by molar-refractivity contribution is 5.99. The van der Waals surface area contributed by atoms with Gasteiger partial charge in [0.2, 0.25) is 5.96 Å². The molecule has 1 aliphatic carbocycles. The molecule has 0 aliphatic heterocycles. The number of methoxy groups -OCH3 is 1. The van der Waals surface area contributed by atoms with Crippen LogP contribution in [0.15, 0.2) is 53.5 Å².